The Morgan fingerprint density at radius 2 is 1.79 bits per heavy atom. The van der Waals surface area contributed by atoms with Gasteiger partial charge in [0.1, 0.15) is 0 Å². The van der Waals surface area contributed by atoms with Crippen LogP contribution < -0.4 is 0 Å². The molecule has 78 valence electrons. The summed E-state index contributed by atoms with van der Waals surface area (Å²) in [4.78, 5) is 11.3. The fraction of sp³-hybridized carbons (Fsp3) is 0.750. The summed E-state index contributed by atoms with van der Waals surface area (Å²) in [5.74, 6) is 1.31. The molecule has 2 aliphatic rings. The molecule has 0 aliphatic heterocycles. The highest BCUT2D eigenvalue weighted by Crippen LogP contribution is 2.55. The second kappa shape index (κ2) is 3.76. The fourth-order valence-electron chi connectivity index (χ4n) is 2.82. The average Bonchev–Trinajstić information content (AvgIpc) is 2.89. The van der Waals surface area contributed by atoms with Gasteiger partial charge in [0.15, 0.2) is 0 Å². The number of methoxy groups -OCH3 is 1. The van der Waals surface area contributed by atoms with E-state index in [4.69, 9.17) is 4.74 Å². The van der Waals surface area contributed by atoms with Crippen molar-refractivity contribution >= 4 is 5.97 Å². The van der Waals surface area contributed by atoms with E-state index in [9.17, 15) is 4.79 Å². The fourth-order valence-corrected chi connectivity index (χ4v) is 2.82. The molecule has 0 aromatic carbocycles. The Labute approximate surface area is 85.3 Å². The molecule has 2 nitrogen and oxygen atoms in total. The van der Waals surface area contributed by atoms with E-state index >= 15 is 0 Å². The topological polar surface area (TPSA) is 26.3 Å². The second-order valence-electron chi connectivity index (χ2n) is 4.42. The number of carbonyl (C=O) groups excluding carboxylic acids is 1. The Bertz CT molecular complexity index is 264. The highest BCUT2D eigenvalue weighted by Gasteiger charge is 2.45. The van der Waals surface area contributed by atoms with Crippen LogP contribution in [0.1, 0.15) is 39.0 Å². The van der Waals surface area contributed by atoms with Gasteiger partial charge in [0.05, 0.1) is 7.11 Å². The smallest absolute Gasteiger partial charge is 0.333 e. The standard InChI is InChI=1S/C12H18O2/c1-8(12(13)14-2)11-9-6-4-3-5-7-10(9)11/h9-10H,3-7H2,1-2H3/t9-,10+. The van der Waals surface area contributed by atoms with Crippen molar-refractivity contribution < 1.29 is 9.53 Å². The summed E-state index contributed by atoms with van der Waals surface area (Å²) in [6, 6.07) is 0. The van der Waals surface area contributed by atoms with E-state index in [1.807, 2.05) is 6.92 Å². The molecule has 0 N–H and O–H groups in total. The molecule has 0 spiro atoms. The first-order chi connectivity index (χ1) is 6.75. The Balaban J connectivity index is 2.10. The van der Waals surface area contributed by atoms with E-state index in [2.05, 4.69) is 0 Å². The molecule has 0 saturated heterocycles. The van der Waals surface area contributed by atoms with Crippen LogP contribution in [0.15, 0.2) is 11.1 Å². The highest BCUT2D eigenvalue weighted by atomic mass is 16.5. The molecule has 0 bridgehead atoms. The van der Waals surface area contributed by atoms with E-state index in [0.717, 1.165) is 17.4 Å². The molecule has 0 aromatic rings. The molecule has 2 heteroatoms. The van der Waals surface area contributed by atoms with Crippen molar-refractivity contribution in [3.63, 3.8) is 0 Å². The van der Waals surface area contributed by atoms with E-state index in [1.54, 1.807) is 0 Å². The maximum atomic E-state index is 11.3. The van der Waals surface area contributed by atoms with Gasteiger partial charge in [-0.1, -0.05) is 24.8 Å². The van der Waals surface area contributed by atoms with Crippen molar-refractivity contribution in [3.8, 4) is 0 Å². The van der Waals surface area contributed by atoms with Gasteiger partial charge in [-0.25, -0.2) is 4.79 Å². The lowest BCUT2D eigenvalue weighted by Crippen LogP contribution is -2.02. The van der Waals surface area contributed by atoms with Crippen LogP contribution in [-0.4, -0.2) is 13.1 Å². The van der Waals surface area contributed by atoms with Crippen LogP contribution >= 0.6 is 0 Å². The molecule has 14 heavy (non-hydrogen) atoms. The maximum absolute atomic E-state index is 11.3. The molecule has 0 aromatic heterocycles. The predicted octanol–water partition coefficient (Wildman–Crippen LogP) is 2.69. The summed E-state index contributed by atoms with van der Waals surface area (Å²) < 4.78 is 4.75. The third kappa shape index (κ3) is 1.58. The highest BCUT2D eigenvalue weighted by molar-refractivity contribution is 5.89. The summed E-state index contributed by atoms with van der Waals surface area (Å²) in [6.45, 7) is 1.91. The minimum absolute atomic E-state index is 0.131. The minimum Gasteiger partial charge on any atom is -0.466 e. The molecule has 0 heterocycles. The molecule has 2 saturated carbocycles. The van der Waals surface area contributed by atoms with Gasteiger partial charge < -0.3 is 4.74 Å². The zero-order chi connectivity index (χ0) is 10.1. The second-order valence-corrected chi connectivity index (χ2v) is 4.42. The molecule has 2 aliphatic carbocycles. The minimum atomic E-state index is -0.131. The van der Waals surface area contributed by atoms with Crippen molar-refractivity contribution in [3.05, 3.63) is 11.1 Å². The predicted molar refractivity (Wildman–Crippen MR) is 54.8 cm³/mol. The molecule has 2 fully saturated rings. The van der Waals surface area contributed by atoms with E-state index in [0.29, 0.717) is 0 Å². The van der Waals surface area contributed by atoms with Gasteiger partial charge in [-0.15, -0.1) is 0 Å². The van der Waals surface area contributed by atoms with E-state index in [1.165, 1.54) is 44.8 Å². The maximum Gasteiger partial charge on any atom is 0.333 e. The quantitative estimate of drug-likeness (QED) is 0.474. The number of carbonyl (C=O) groups is 1. The van der Waals surface area contributed by atoms with Crippen LogP contribution in [0, 0.1) is 11.8 Å². The van der Waals surface area contributed by atoms with Crippen LogP contribution in [-0.2, 0) is 9.53 Å². The average molecular weight is 194 g/mol. The third-order valence-corrected chi connectivity index (χ3v) is 3.63. The number of hydrogen-bond acceptors (Lipinski definition) is 2. The van der Waals surface area contributed by atoms with Gasteiger partial charge in [0, 0.05) is 5.57 Å². The lowest BCUT2D eigenvalue weighted by Gasteiger charge is -1.99. The van der Waals surface area contributed by atoms with Gasteiger partial charge in [0.2, 0.25) is 0 Å². The molecule has 0 unspecified atom stereocenters. The first kappa shape index (κ1) is 9.75. The summed E-state index contributed by atoms with van der Waals surface area (Å²) in [6.07, 6.45) is 6.61. The van der Waals surface area contributed by atoms with E-state index < -0.39 is 0 Å². The monoisotopic (exact) mass is 194 g/mol. The first-order valence-electron chi connectivity index (χ1n) is 5.54. The number of fused-ring (bicyclic) bond motifs is 1. The van der Waals surface area contributed by atoms with Gasteiger partial charge in [-0.3, -0.25) is 0 Å². The Morgan fingerprint density at radius 3 is 2.29 bits per heavy atom. The summed E-state index contributed by atoms with van der Waals surface area (Å²) in [7, 11) is 1.46. The summed E-state index contributed by atoms with van der Waals surface area (Å²) in [5.41, 5.74) is 2.28. The van der Waals surface area contributed by atoms with Crippen LogP contribution in [0.4, 0.5) is 0 Å². The van der Waals surface area contributed by atoms with Gasteiger partial charge in [0.25, 0.3) is 0 Å². The van der Waals surface area contributed by atoms with Crippen molar-refractivity contribution in [1.82, 2.24) is 0 Å². The van der Waals surface area contributed by atoms with Crippen LogP contribution in [0.25, 0.3) is 0 Å². The summed E-state index contributed by atoms with van der Waals surface area (Å²) >= 11 is 0. The molecule has 0 amide bonds. The van der Waals surface area contributed by atoms with Crippen LogP contribution in [0.5, 0.6) is 0 Å². The Morgan fingerprint density at radius 1 is 1.21 bits per heavy atom. The van der Waals surface area contributed by atoms with E-state index in [-0.39, 0.29) is 5.97 Å². The Hall–Kier alpha value is -0.790. The summed E-state index contributed by atoms with van der Waals surface area (Å²) in [5, 5.41) is 0. The molecular weight excluding hydrogens is 176 g/mol. The number of allylic oxidation sites excluding steroid dienone is 1. The van der Waals surface area contributed by atoms with Crippen molar-refractivity contribution in [1.29, 1.82) is 0 Å². The van der Waals surface area contributed by atoms with Crippen LogP contribution in [0.3, 0.4) is 0 Å². The van der Waals surface area contributed by atoms with Crippen molar-refractivity contribution in [2.45, 2.75) is 39.0 Å². The van der Waals surface area contributed by atoms with Crippen LogP contribution in [0.2, 0.25) is 0 Å². The van der Waals surface area contributed by atoms with Crippen molar-refractivity contribution in [2.75, 3.05) is 7.11 Å². The number of ether oxygens (including phenoxy) is 1. The molecule has 0 radical (unpaired) electrons. The number of esters is 1. The molecular formula is C12H18O2. The zero-order valence-electron chi connectivity index (χ0n) is 9.01. The Kier molecular flexibility index (Phi) is 2.62. The van der Waals surface area contributed by atoms with Gasteiger partial charge in [-0.2, -0.15) is 0 Å². The SMILES string of the molecule is COC(=O)C(C)=C1[C@H]2CCCCC[C@@H]12. The number of hydrogen-bond donors (Lipinski definition) is 0. The van der Waals surface area contributed by atoms with Gasteiger partial charge in [-0.05, 0) is 31.6 Å². The molecule has 2 rings (SSSR count). The normalized spacial score (nSPS) is 34.1. The molecule has 2 atom stereocenters. The number of rotatable bonds is 1. The van der Waals surface area contributed by atoms with Gasteiger partial charge >= 0.3 is 5.97 Å². The lowest BCUT2D eigenvalue weighted by molar-refractivity contribution is -0.136. The zero-order valence-corrected chi connectivity index (χ0v) is 9.01. The largest absolute Gasteiger partial charge is 0.466 e. The lowest BCUT2D eigenvalue weighted by atomic mass is 10.1. The van der Waals surface area contributed by atoms with Crippen molar-refractivity contribution in [2.24, 2.45) is 11.8 Å². The third-order valence-electron chi connectivity index (χ3n) is 3.63. The first-order valence-corrected chi connectivity index (χ1v) is 5.54.